The molecule has 0 fully saturated rings. The van der Waals surface area contributed by atoms with Crippen molar-refractivity contribution in [2.75, 3.05) is 13.2 Å². The number of hydrogen-bond donors (Lipinski definition) is 0. The first kappa shape index (κ1) is 12.4. The second-order valence-electron chi connectivity index (χ2n) is 2.35. The Kier molecular flexibility index (Phi) is 5.73. The van der Waals surface area contributed by atoms with E-state index >= 15 is 0 Å². The van der Waals surface area contributed by atoms with Crippen LogP contribution in [0.1, 0.15) is 20.8 Å². The molecule has 0 spiro atoms. The fourth-order valence-corrected chi connectivity index (χ4v) is 1.82. The van der Waals surface area contributed by atoms with Crippen LogP contribution in [0.25, 0.3) is 0 Å². The van der Waals surface area contributed by atoms with Gasteiger partial charge in [-0.2, -0.15) is 0 Å². The zero-order chi connectivity index (χ0) is 10.3. The van der Waals surface area contributed by atoms with E-state index in [0.29, 0.717) is 18.8 Å². The molecule has 0 saturated carbocycles. The molecule has 0 aliphatic carbocycles. The van der Waals surface area contributed by atoms with Gasteiger partial charge in [0.05, 0.1) is 13.2 Å². The average molecular weight is 202 g/mol. The lowest BCUT2D eigenvalue weighted by molar-refractivity contribution is 0.230. The Morgan fingerprint density at radius 1 is 1.38 bits per heavy atom. The van der Waals surface area contributed by atoms with Crippen LogP contribution in [0.3, 0.4) is 0 Å². The molecule has 0 rings (SSSR count). The highest BCUT2D eigenvalue weighted by atomic mass is 31.2. The van der Waals surface area contributed by atoms with Crippen LogP contribution in [-0.4, -0.2) is 13.2 Å². The largest absolute Gasteiger partial charge is 0.405 e. The molecule has 0 heterocycles. The van der Waals surface area contributed by atoms with Gasteiger partial charge in [-0.05, 0) is 26.3 Å². The minimum Gasteiger partial charge on any atom is -0.300 e. The number of rotatable bonds is 4. The van der Waals surface area contributed by atoms with E-state index in [9.17, 15) is 4.57 Å². The van der Waals surface area contributed by atoms with Crippen LogP contribution < -0.4 is 0 Å². The van der Waals surface area contributed by atoms with Crippen molar-refractivity contribution in [1.29, 1.82) is 0 Å². The molecule has 0 amide bonds. The lowest BCUT2D eigenvalue weighted by atomic mass is 10.4. The molecule has 0 atom stereocenters. The number of allylic oxidation sites excluding steroid dienone is 1. The molecule has 0 saturated heterocycles. The summed E-state index contributed by atoms with van der Waals surface area (Å²) in [5, 5.41) is 0. The van der Waals surface area contributed by atoms with Gasteiger partial charge in [0.25, 0.3) is 0 Å². The summed E-state index contributed by atoms with van der Waals surface area (Å²) in [6, 6.07) is 0. The van der Waals surface area contributed by atoms with Crippen LogP contribution in [0.5, 0.6) is 0 Å². The summed E-state index contributed by atoms with van der Waals surface area (Å²) in [6.45, 7) is 9.44. The quantitative estimate of drug-likeness (QED) is 0.519. The van der Waals surface area contributed by atoms with Gasteiger partial charge < -0.3 is 0 Å². The number of hydrogen-bond acceptors (Lipinski definition) is 3. The molecule has 0 aromatic carbocycles. The van der Waals surface area contributed by atoms with Crippen molar-refractivity contribution in [3.8, 4) is 11.6 Å². The van der Waals surface area contributed by atoms with Crippen molar-refractivity contribution in [2.45, 2.75) is 20.8 Å². The Hall–Kier alpha value is -0.550. The summed E-state index contributed by atoms with van der Waals surface area (Å²) >= 11 is 0. The summed E-state index contributed by atoms with van der Waals surface area (Å²) in [4.78, 5) is 0. The summed E-state index contributed by atoms with van der Waals surface area (Å²) < 4.78 is 21.5. The lowest BCUT2D eigenvalue weighted by Gasteiger charge is -2.09. The van der Waals surface area contributed by atoms with Crippen molar-refractivity contribution in [1.82, 2.24) is 0 Å². The molecule has 0 bridgehead atoms. The van der Waals surface area contributed by atoms with Crippen molar-refractivity contribution in [3.63, 3.8) is 0 Å². The monoisotopic (exact) mass is 202 g/mol. The van der Waals surface area contributed by atoms with E-state index in [1.807, 2.05) is 0 Å². The highest BCUT2D eigenvalue weighted by Crippen LogP contribution is 2.46. The van der Waals surface area contributed by atoms with Crippen LogP contribution in [0.15, 0.2) is 12.2 Å². The molecule has 0 radical (unpaired) electrons. The van der Waals surface area contributed by atoms with Crippen molar-refractivity contribution in [3.05, 3.63) is 12.2 Å². The van der Waals surface area contributed by atoms with Crippen LogP contribution >= 0.6 is 7.60 Å². The van der Waals surface area contributed by atoms with Crippen LogP contribution in [0.2, 0.25) is 0 Å². The van der Waals surface area contributed by atoms with E-state index in [1.54, 1.807) is 20.8 Å². The molecule has 0 unspecified atom stereocenters. The van der Waals surface area contributed by atoms with E-state index < -0.39 is 7.60 Å². The van der Waals surface area contributed by atoms with Gasteiger partial charge in [-0.3, -0.25) is 9.05 Å². The summed E-state index contributed by atoms with van der Waals surface area (Å²) in [5.74, 6) is 2.60. The maximum atomic E-state index is 11.7. The normalized spacial score (nSPS) is 10.4. The van der Waals surface area contributed by atoms with Gasteiger partial charge in [-0.15, -0.1) is 0 Å². The van der Waals surface area contributed by atoms with E-state index in [-0.39, 0.29) is 0 Å². The van der Waals surface area contributed by atoms with Crippen molar-refractivity contribution in [2.24, 2.45) is 0 Å². The highest BCUT2D eigenvalue weighted by molar-refractivity contribution is 7.59. The highest BCUT2D eigenvalue weighted by Gasteiger charge is 2.19. The maximum absolute atomic E-state index is 11.7. The molecular formula is C9H15O3P. The van der Waals surface area contributed by atoms with Crippen LogP contribution in [-0.2, 0) is 13.6 Å². The Morgan fingerprint density at radius 3 is 2.15 bits per heavy atom. The molecule has 3 nitrogen and oxygen atoms in total. The maximum Gasteiger partial charge on any atom is 0.405 e. The molecule has 0 aliphatic rings. The molecule has 0 aromatic heterocycles. The van der Waals surface area contributed by atoms with Gasteiger partial charge in [-0.1, -0.05) is 12.5 Å². The third-order valence-electron chi connectivity index (χ3n) is 1.00. The Balaban J connectivity index is 4.53. The summed E-state index contributed by atoms with van der Waals surface area (Å²) in [5.41, 5.74) is 3.10. The second kappa shape index (κ2) is 5.99. The van der Waals surface area contributed by atoms with Crippen molar-refractivity contribution < 1.29 is 13.6 Å². The average Bonchev–Trinajstić information content (AvgIpc) is 2.02. The molecule has 0 aromatic rings. The fraction of sp³-hybridized carbons (Fsp3) is 0.556. The minimum absolute atomic E-state index is 0.322. The van der Waals surface area contributed by atoms with Crippen LogP contribution in [0, 0.1) is 11.6 Å². The van der Waals surface area contributed by atoms with Gasteiger partial charge >= 0.3 is 7.60 Å². The predicted molar refractivity (Wildman–Crippen MR) is 53.4 cm³/mol. The summed E-state index contributed by atoms with van der Waals surface area (Å²) in [7, 11) is -3.20. The first-order chi connectivity index (χ1) is 6.04. The Bertz CT molecular complexity index is 262. The smallest absolute Gasteiger partial charge is 0.300 e. The van der Waals surface area contributed by atoms with E-state index in [2.05, 4.69) is 18.2 Å². The summed E-state index contributed by atoms with van der Waals surface area (Å²) in [6.07, 6.45) is 0. The van der Waals surface area contributed by atoms with Gasteiger partial charge in [0.2, 0.25) is 0 Å². The van der Waals surface area contributed by atoms with Crippen molar-refractivity contribution >= 4 is 7.60 Å². The molecule has 74 valence electrons. The molecular weight excluding hydrogens is 187 g/mol. The predicted octanol–water partition coefficient (Wildman–Crippen LogP) is 2.79. The Labute approximate surface area is 79.7 Å². The fourth-order valence-electron chi connectivity index (χ4n) is 0.606. The molecule has 13 heavy (non-hydrogen) atoms. The topological polar surface area (TPSA) is 35.5 Å². The minimum atomic E-state index is -3.20. The van der Waals surface area contributed by atoms with Gasteiger partial charge in [0.1, 0.15) is 0 Å². The first-order valence-electron chi connectivity index (χ1n) is 4.12. The van der Waals surface area contributed by atoms with Gasteiger partial charge in [-0.25, -0.2) is 4.57 Å². The SMILES string of the molecule is C=C(C)C#CP(=O)(OCC)OCC. The first-order valence-corrected chi connectivity index (χ1v) is 5.66. The Morgan fingerprint density at radius 2 is 1.85 bits per heavy atom. The third kappa shape index (κ3) is 5.65. The van der Waals surface area contributed by atoms with Gasteiger partial charge in [0.15, 0.2) is 0 Å². The molecule has 4 heteroatoms. The van der Waals surface area contributed by atoms with E-state index in [4.69, 9.17) is 9.05 Å². The second-order valence-corrected chi connectivity index (χ2v) is 4.09. The zero-order valence-corrected chi connectivity index (χ0v) is 9.19. The third-order valence-corrected chi connectivity index (χ3v) is 2.59. The molecule has 0 aliphatic heterocycles. The lowest BCUT2D eigenvalue weighted by Crippen LogP contribution is -1.92. The van der Waals surface area contributed by atoms with Crippen LogP contribution in [0.4, 0.5) is 0 Å². The van der Waals surface area contributed by atoms with Gasteiger partial charge in [0, 0.05) is 5.66 Å². The molecule has 0 N–H and O–H groups in total. The zero-order valence-electron chi connectivity index (χ0n) is 8.29. The van der Waals surface area contributed by atoms with E-state index in [0.717, 1.165) is 0 Å². The van der Waals surface area contributed by atoms with E-state index in [1.165, 1.54) is 0 Å². The standard InChI is InChI=1S/C9H15O3P/c1-5-11-13(10,12-6-2)8-7-9(3)4/h3,5-6H2,1-2,4H3.